The van der Waals surface area contributed by atoms with Crippen LogP contribution in [0.3, 0.4) is 0 Å². The summed E-state index contributed by atoms with van der Waals surface area (Å²) in [6.45, 7) is 0.757. The predicted molar refractivity (Wildman–Crippen MR) is 64.4 cm³/mol. The van der Waals surface area contributed by atoms with E-state index in [1.165, 1.54) is 0 Å². The normalized spacial score (nSPS) is 24.9. The van der Waals surface area contributed by atoms with E-state index in [-0.39, 0.29) is 24.4 Å². The highest BCUT2D eigenvalue weighted by atomic mass is 32.1. The molecule has 1 unspecified atom stereocenters. The van der Waals surface area contributed by atoms with Crippen LogP contribution < -0.4 is 5.32 Å². The standard InChI is InChI=1S/C12H14N2O2S/c15-10-7-14(6-9-2-1-5-17-9)12(16)11(13-10)8-3-4-8/h1-2,5,8,11H,3-4,6-7H2,(H,13,15). The lowest BCUT2D eigenvalue weighted by Crippen LogP contribution is -2.58. The van der Waals surface area contributed by atoms with Crippen molar-refractivity contribution in [3.63, 3.8) is 0 Å². The van der Waals surface area contributed by atoms with Gasteiger partial charge in [-0.3, -0.25) is 9.59 Å². The number of piperazine rings is 1. The summed E-state index contributed by atoms with van der Waals surface area (Å²) in [4.78, 5) is 26.6. The number of carbonyl (C=O) groups excluding carboxylic acids is 2. The molecule has 17 heavy (non-hydrogen) atoms. The molecule has 1 aromatic rings. The van der Waals surface area contributed by atoms with E-state index < -0.39 is 0 Å². The van der Waals surface area contributed by atoms with Crippen LogP contribution in [0.1, 0.15) is 17.7 Å². The quantitative estimate of drug-likeness (QED) is 0.869. The molecule has 0 bridgehead atoms. The molecule has 1 saturated heterocycles. The second kappa shape index (κ2) is 4.14. The first-order valence-corrected chi connectivity index (χ1v) is 6.72. The molecule has 2 amide bonds. The predicted octanol–water partition coefficient (Wildman–Crippen LogP) is 0.985. The molecule has 0 aromatic carbocycles. The third kappa shape index (κ3) is 2.20. The monoisotopic (exact) mass is 250 g/mol. The number of hydrogen-bond acceptors (Lipinski definition) is 3. The highest BCUT2D eigenvalue weighted by molar-refractivity contribution is 7.09. The molecule has 2 aliphatic rings. The lowest BCUT2D eigenvalue weighted by atomic mass is 10.1. The molecule has 4 nitrogen and oxygen atoms in total. The van der Waals surface area contributed by atoms with Gasteiger partial charge in [0.25, 0.3) is 0 Å². The Morgan fingerprint density at radius 1 is 1.41 bits per heavy atom. The van der Waals surface area contributed by atoms with Gasteiger partial charge >= 0.3 is 0 Å². The second-order valence-electron chi connectivity index (χ2n) is 4.66. The maximum Gasteiger partial charge on any atom is 0.246 e. The smallest absolute Gasteiger partial charge is 0.246 e. The van der Waals surface area contributed by atoms with E-state index in [1.807, 2.05) is 17.5 Å². The van der Waals surface area contributed by atoms with Gasteiger partial charge in [0.2, 0.25) is 11.8 Å². The fourth-order valence-corrected chi connectivity index (χ4v) is 2.92. The van der Waals surface area contributed by atoms with Crippen molar-refractivity contribution < 1.29 is 9.59 Å². The van der Waals surface area contributed by atoms with E-state index in [0.29, 0.717) is 12.5 Å². The van der Waals surface area contributed by atoms with Gasteiger partial charge in [-0.15, -0.1) is 11.3 Å². The lowest BCUT2D eigenvalue weighted by Gasteiger charge is -2.32. The van der Waals surface area contributed by atoms with Crippen LogP contribution >= 0.6 is 11.3 Å². The Hall–Kier alpha value is -1.36. The Bertz CT molecular complexity index is 439. The molecule has 1 N–H and O–H groups in total. The molecule has 1 aliphatic heterocycles. The van der Waals surface area contributed by atoms with Crippen molar-refractivity contribution in [3.05, 3.63) is 22.4 Å². The Balaban J connectivity index is 1.73. The third-order valence-electron chi connectivity index (χ3n) is 3.25. The fourth-order valence-electron chi connectivity index (χ4n) is 2.20. The zero-order valence-corrected chi connectivity index (χ0v) is 10.2. The van der Waals surface area contributed by atoms with Crippen LogP contribution in [0.2, 0.25) is 0 Å². The molecule has 1 aromatic heterocycles. The van der Waals surface area contributed by atoms with Crippen molar-refractivity contribution in [2.75, 3.05) is 6.54 Å². The molecule has 1 atom stereocenters. The molecule has 5 heteroatoms. The number of carbonyl (C=O) groups is 2. The highest BCUT2D eigenvalue weighted by Crippen LogP contribution is 2.34. The summed E-state index contributed by atoms with van der Waals surface area (Å²) in [5.74, 6) is 0.427. The number of nitrogens with one attached hydrogen (secondary N) is 1. The number of amides is 2. The minimum Gasteiger partial charge on any atom is -0.342 e. The number of rotatable bonds is 3. The largest absolute Gasteiger partial charge is 0.342 e. The summed E-state index contributed by atoms with van der Waals surface area (Å²) in [5.41, 5.74) is 0. The number of thiophene rings is 1. The molecule has 1 saturated carbocycles. The van der Waals surface area contributed by atoms with E-state index in [0.717, 1.165) is 17.7 Å². The van der Waals surface area contributed by atoms with Gasteiger partial charge in [0, 0.05) is 4.88 Å². The van der Waals surface area contributed by atoms with Gasteiger partial charge in [-0.05, 0) is 30.2 Å². The zero-order chi connectivity index (χ0) is 11.8. The summed E-state index contributed by atoms with van der Waals surface area (Å²) < 4.78 is 0. The SMILES string of the molecule is O=C1CN(Cc2cccs2)C(=O)C(C2CC2)N1. The minimum absolute atomic E-state index is 0.0296. The first-order chi connectivity index (χ1) is 8.24. The molecule has 3 rings (SSSR count). The van der Waals surface area contributed by atoms with Gasteiger partial charge in [0.1, 0.15) is 6.04 Å². The van der Waals surface area contributed by atoms with Crippen molar-refractivity contribution in [3.8, 4) is 0 Å². The summed E-state index contributed by atoms with van der Waals surface area (Å²) in [6, 6.07) is 3.69. The summed E-state index contributed by atoms with van der Waals surface area (Å²) in [5, 5.41) is 4.80. The summed E-state index contributed by atoms with van der Waals surface area (Å²) in [6.07, 6.45) is 2.12. The van der Waals surface area contributed by atoms with Crippen molar-refractivity contribution in [2.45, 2.75) is 25.4 Å². The Labute approximate surface area is 104 Å². The molecule has 0 spiro atoms. The van der Waals surface area contributed by atoms with E-state index in [9.17, 15) is 9.59 Å². The molecule has 1 aliphatic carbocycles. The van der Waals surface area contributed by atoms with Crippen molar-refractivity contribution in [1.29, 1.82) is 0 Å². The summed E-state index contributed by atoms with van der Waals surface area (Å²) in [7, 11) is 0. The first-order valence-electron chi connectivity index (χ1n) is 5.84. The van der Waals surface area contributed by atoms with E-state index >= 15 is 0 Å². The van der Waals surface area contributed by atoms with E-state index in [2.05, 4.69) is 5.32 Å². The first kappa shape index (κ1) is 10.8. The van der Waals surface area contributed by atoms with Crippen LogP contribution in [-0.4, -0.2) is 29.3 Å². The Kier molecular flexibility index (Phi) is 2.63. The molecule has 0 radical (unpaired) electrons. The van der Waals surface area contributed by atoms with Crippen LogP contribution in [0, 0.1) is 5.92 Å². The van der Waals surface area contributed by atoms with E-state index in [1.54, 1.807) is 16.2 Å². The van der Waals surface area contributed by atoms with Crippen LogP contribution in [0.5, 0.6) is 0 Å². The lowest BCUT2D eigenvalue weighted by molar-refractivity contribution is -0.145. The van der Waals surface area contributed by atoms with Gasteiger partial charge in [-0.1, -0.05) is 6.07 Å². The van der Waals surface area contributed by atoms with Crippen LogP contribution in [-0.2, 0) is 16.1 Å². The Morgan fingerprint density at radius 3 is 2.88 bits per heavy atom. The van der Waals surface area contributed by atoms with Crippen molar-refractivity contribution in [1.82, 2.24) is 10.2 Å². The van der Waals surface area contributed by atoms with Crippen LogP contribution in [0.4, 0.5) is 0 Å². The minimum atomic E-state index is -0.267. The van der Waals surface area contributed by atoms with Gasteiger partial charge in [-0.25, -0.2) is 0 Å². The maximum atomic E-state index is 12.2. The average Bonchev–Trinajstić information content (AvgIpc) is 3.02. The molecular weight excluding hydrogens is 236 g/mol. The van der Waals surface area contributed by atoms with Crippen LogP contribution in [0.15, 0.2) is 17.5 Å². The van der Waals surface area contributed by atoms with Gasteiger partial charge in [0.15, 0.2) is 0 Å². The fraction of sp³-hybridized carbons (Fsp3) is 0.500. The molecule has 90 valence electrons. The average molecular weight is 250 g/mol. The van der Waals surface area contributed by atoms with Crippen LogP contribution in [0.25, 0.3) is 0 Å². The third-order valence-corrected chi connectivity index (χ3v) is 4.11. The second-order valence-corrected chi connectivity index (χ2v) is 5.69. The van der Waals surface area contributed by atoms with E-state index in [4.69, 9.17) is 0 Å². The van der Waals surface area contributed by atoms with Crippen molar-refractivity contribution >= 4 is 23.2 Å². The molecule has 2 heterocycles. The van der Waals surface area contributed by atoms with Crippen molar-refractivity contribution in [2.24, 2.45) is 5.92 Å². The van der Waals surface area contributed by atoms with Gasteiger partial charge in [0.05, 0.1) is 13.1 Å². The highest BCUT2D eigenvalue weighted by Gasteiger charge is 2.42. The van der Waals surface area contributed by atoms with Gasteiger partial charge < -0.3 is 10.2 Å². The summed E-state index contributed by atoms with van der Waals surface area (Å²) >= 11 is 1.62. The zero-order valence-electron chi connectivity index (χ0n) is 9.39. The maximum absolute atomic E-state index is 12.2. The Morgan fingerprint density at radius 2 is 2.24 bits per heavy atom. The molecular formula is C12H14N2O2S. The number of nitrogens with zero attached hydrogens (tertiary/aromatic N) is 1. The van der Waals surface area contributed by atoms with Gasteiger partial charge in [-0.2, -0.15) is 0 Å². The number of hydrogen-bond donors (Lipinski definition) is 1. The topological polar surface area (TPSA) is 49.4 Å². The molecule has 2 fully saturated rings.